The molecule has 2 N–H and O–H groups in total. The third-order valence-electron chi connectivity index (χ3n) is 3.93. The second kappa shape index (κ2) is 15.6. The Morgan fingerprint density at radius 2 is 2.04 bits per heavy atom. The lowest BCUT2D eigenvalue weighted by Crippen LogP contribution is -2.39. The lowest BCUT2D eigenvalue weighted by Gasteiger charge is -2.21. The van der Waals surface area contributed by atoms with E-state index in [0.29, 0.717) is 12.0 Å². The average Bonchev–Trinajstić information content (AvgIpc) is 2.98. The fourth-order valence-electron chi connectivity index (χ4n) is 2.59. The highest BCUT2D eigenvalue weighted by atomic mass is 127. The number of hydrogen-bond acceptors (Lipinski definition) is 4. The summed E-state index contributed by atoms with van der Waals surface area (Å²) in [5.41, 5.74) is 1.13. The summed E-state index contributed by atoms with van der Waals surface area (Å²) in [6.45, 7) is 14.0. The monoisotopic (exact) mass is 496 g/mol. The minimum Gasteiger partial charge on any atom is -0.378 e. The van der Waals surface area contributed by atoms with Crippen molar-refractivity contribution in [2.75, 3.05) is 26.2 Å². The molecule has 0 spiro atoms. The number of halogens is 1. The van der Waals surface area contributed by atoms with Crippen molar-refractivity contribution in [1.29, 1.82) is 0 Å². The molecular weight excluding hydrogens is 459 g/mol. The number of hydrogen-bond donors (Lipinski definition) is 2. The highest BCUT2D eigenvalue weighted by molar-refractivity contribution is 14.0. The molecule has 152 valence electrons. The smallest absolute Gasteiger partial charge is 0.191 e. The normalized spacial score (nSPS) is 12.8. The molecular formula is C19H37IN4OS. The highest BCUT2D eigenvalue weighted by Crippen LogP contribution is 2.12. The van der Waals surface area contributed by atoms with Crippen LogP contribution in [0.1, 0.15) is 57.7 Å². The molecule has 0 bridgehead atoms. The molecule has 5 nitrogen and oxygen atoms in total. The Labute approximate surface area is 180 Å². The first-order valence-electron chi connectivity index (χ1n) is 9.61. The van der Waals surface area contributed by atoms with Crippen LogP contribution < -0.4 is 10.6 Å². The third-order valence-corrected chi connectivity index (χ3v) is 4.95. The van der Waals surface area contributed by atoms with Gasteiger partial charge in [-0.15, -0.1) is 35.3 Å². The van der Waals surface area contributed by atoms with Crippen LogP contribution in [0.15, 0.2) is 10.4 Å². The van der Waals surface area contributed by atoms with Gasteiger partial charge in [0.25, 0.3) is 0 Å². The van der Waals surface area contributed by atoms with Crippen LogP contribution >= 0.6 is 35.3 Å². The summed E-state index contributed by atoms with van der Waals surface area (Å²) in [6, 6.07) is 0. The molecule has 1 unspecified atom stereocenters. The molecule has 1 aromatic rings. The minimum atomic E-state index is 0. The fourth-order valence-corrected chi connectivity index (χ4v) is 3.41. The Morgan fingerprint density at radius 3 is 2.62 bits per heavy atom. The maximum Gasteiger partial charge on any atom is 0.191 e. The van der Waals surface area contributed by atoms with Crippen molar-refractivity contribution in [2.45, 2.75) is 66.4 Å². The fraction of sp³-hybridized carbons (Fsp3) is 0.789. The lowest BCUT2D eigenvalue weighted by molar-refractivity contribution is 0.0258. The number of guanidine groups is 1. The molecule has 0 aliphatic heterocycles. The van der Waals surface area contributed by atoms with Gasteiger partial charge in [-0.25, -0.2) is 4.98 Å². The van der Waals surface area contributed by atoms with Gasteiger partial charge in [0.05, 0.1) is 11.1 Å². The summed E-state index contributed by atoms with van der Waals surface area (Å²) in [7, 11) is 0. The quantitative estimate of drug-likeness (QED) is 0.195. The Bertz CT molecular complexity index is 494. The predicted molar refractivity (Wildman–Crippen MR) is 124 cm³/mol. The molecule has 0 saturated carbocycles. The summed E-state index contributed by atoms with van der Waals surface area (Å²) in [6.07, 6.45) is 4.59. The van der Waals surface area contributed by atoms with Crippen molar-refractivity contribution in [3.63, 3.8) is 0 Å². The van der Waals surface area contributed by atoms with Gasteiger partial charge < -0.3 is 15.4 Å². The van der Waals surface area contributed by atoms with Gasteiger partial charge in [0.1, 0.15) is 0 Å². The number of rotatable bonds is 12. The Hall–Kier alpha value is -0.410. The van der Waals surface area contributed by atoms with E-state index >= 15 is 0 Å². The molecule has 7 heteroatoms. The second-order valence-corrected chi connectivity index (χ2v) is 7.50. The summed E-state index contributed by atoms with van der Waals surface area (Å²) in [4.78, 5) is 9.18. The molecule has 0 aliphatic carbocycles. The summed E-state index contributed by atoms with van der Waals surface area (Å²) in [5, 5.41) is 10.1. The molecule has 0 radical (unpaired) electrons. The highest BCUT2D eigenvalue weighted by Gasteiger charge is 2.12. The number of unbranched alkanes of at least 4 members (excludes halogenated alkanes) is 1. The van der Waals surface area contributed by atoms with E-state index in [0.717, 1.165) is 63.6 Å². The number of aromatic nitrogens is 1. The van der Waals surface area contributed by atoms with E-state index in [1.54, 1.807) is 11.3 Å². The maximum atomic E-state index is 5.80. The van der Waals surface area contributed by atoms with Gasteiger partial charge in [-0.3, -0.25) is 4.99 Å². The molecule has 1 atom stereocenters. The first-order valence-corrected chi connectivity index (χ1v) is 10.5. The SMILES string of the molecule is CCNC(=NCCCCc1nc(C)cs1)NCCC(OCC)C(C)C.I. The Kier molecular flexibility index (Phi) is 15.4. The largest absolute Gasteiger partial charge is 0.378 e. The van der Waals surface area contributed by atoms with E-state index in [9.17, 15) is 0 Å². The number of nitrogens with zero attached hydrogens (tertiary/aromatic N) is 2. The van der Waals surface area contributed by atoms with Crippen LogP contribution in [-0.4, -0.2) is 43.3 Å². The van der Waals surface area contributed by atoms with E-state index < -0.39 is 0 Å². The van der Waals surface area contributed by atoms with Crippen molar-refractivity contribution >= 4 is 41.3 Å². The molecule has 0 fully saturated rings. The van der Waals surface area contributed by atoms with Crippen LogP contribution in [0.25, 0.3) is 0 Å². The zero-order valence-corrected chi connectivity index (χ0v) is 20.2. The molecule has 0 amide bonds. The number of thiazole rings is 1. The third kappa shape index (κ3) is 11.3. The molecule has 26 heavy (non-hydrogen) atoms. The molecule has 0 aromatic carbocycles. The van der Waals surface area contributed by atoms with Gasteiger partial charge in [-0.1, -0.05) is 13.8 Å². The molecule has 0 saturated heterocycles. The van der Waals surface area contributed by atoms with Crippen molar-refractivity contribution in [3.05, 3.63) is 16.1 Å². The van der Waals surface area contributed by atoms with E-state index in [1.165, 1.54) is 5.01 Å². The van der Waals surface area contributed by atoms with Crippen LogP contribution in [0.2, 0.25) is 0 Å². The van der Waals surface area contributed by atoms with E-state index in [2.05, 4.69) is 53.7 Å². The Morgan fingerprint density at radius 1 is 1.27 bits per heavy atom. The first kappa shape index (κ1) is 25.6. The number of ether oxygens (including phenoxy) is 1. The standard InChI is InChI=1S/C19H36N4OS.HI/c1-6-20-19(22-13-11-17(15(3)4)24-7-2)21-12-9-8-10-18-23-16(5)14-25-18;/h14-15,17H,6-13H2,1-5H3,(H2,20,21,22);1H. The van der Waals surface area contributed by atoms with Gasteiger partial charge >= 0.3 is 0 Å². The van der Waals surface area contributed by atoms with Crippen molar-refractivity contribution in [2.24, 2.45) is 10.9 Å². The van der Waals surface area contributed by atoms with Crippen molar-refractivity contribution < 1.29 is 4.74 Å². The molecule has 1 rings (SSSR count). The zero-order valence-electron chi connectivity index (χ0n) is 17.0. The topological polar surface area (TPSA) is 58.5 Å². The van der Waals surface area contributed by atoms with Crippen LogP contribution in [0.4, 0.5) is 0 Å². The van der Waals surface area contributed by atoms with Crippen LogP contribution in [-0.2, 0) is 11.2 Å². The van der Waals surface area contributed by atoms with Crippen LogP contribution in [0.3, 0.4) is 0 Å². The van der Waals surface area contributed by atoms with Crippen LogP contribution in [0.5, 0.6) is 0 Å². The second-order valence-electron chi connectivity index (χ2n) is 6.55. The lowest BCUT2D eigenvalue weighted by atomic mass is 10.0. The van der Waals surface area contributed by atoms with Crippen LogP contribution in [0, 0.1) is 12.8 Å². The van der Waals surface area contributed by atoms with E-state index in [1.807, 2.05) is 6.92 Å². The zero-order chi connectivity index (χ0) is 18.5. The number of aryl methyl sites for hydroxylation is 2. The maximum absolute atomic E-state index is 5.80. The Balaban J connectivity index is 0.00000625. The van der Waals surface area contributed by atoms with Gasteiger partial charge in [-0.05, 0) is 52.4 Å². The van der Waals surface area contributed by atoms with Gasteiger partial charge in [-0.2, -0.15) is 0 Å². The molecule has 1 aromatic heterocycles. The van der Waals surface area contributed by atoms with Gasteiger partial charge in [0.15, 0.2) is 5.96 Å². The molecule has 0 aliphatic rings. The minimum absolute atomic E-state index is 0. The number of nitrogens with one attached hydrogen (secondary N) is 2. The summed E-state index contributed by atoms with van der Waals surface area (Å²) < 4.78 is 5.80. The molecule has 1 heterocycles. The van der Waals surface area contributed by atoms with Gasteiger partial charge in [0.2, 0.25) is 0 Å². The van der Waals surface area contributed by atoms with Gasteiger partial charge in [0, 0.05) is 37.3 Å². The first-order chi connectivity index (χ1) is 12.1. The average molecular weight is 497 g/mol. The van der Waals surface area contributed by atoms with E-state index in [4.69, 9.17) is 4.74 Å². The van der Waals surface area contributed by atoms with E-state index in [-0.39, 0.29) is 24.0 Å². The summed E-state index contributed by atoms with van der Waals surface area (Å²) in [5.74, 6) is 1.45. The van der Waals surface area contributed by atoms with Crippen molar-refractivity contribution in [3.8, 4) is 0 Å². The predicted octanol–water partition coefficient (Wildman–Crippen LogP) is 4.40. The summed E-state index contributed by atoms with van der Waals surface area (Å²) >= 11 is 1.76. The number of aliphatic imine (C=N–C) groups is 1. The van der Waals surface area contributed by atoms with Crippen molar-refractivity contribution in [1.82, 2.24) is 15.6 Å².